The van der Waals surface area contributed by atoms with Gasteiger partial charge < -0.3 is 25.8 Å². The van der Waals surface area contributed by atoms with Crippen molar-refractivity contribution in [3.05, 3.63) is 35.9 Å². The molecule has 0 heterocycles. The highest BCUT2D eigenvalue weighted by Crippen LogP contribution is 2.01. The van der Waals surface area contributed by atoms with E-state index in [1.807, 2.05) is 30.3 Å². The van der Waals surface area contributed by atoms with Gasteiger partial charge in [0.2, 0.25) is 0 Å². The summed E-state index contributed by atoms with van der Waals surface area (Å²) in [5, 5.41) is 24.7. The molecule has 0 aliphatic rings. The molecule has 6 heteroatoms. The number of aliphatic carboxylic acids is 1. The van der Waals surface area contributed by atoms with Gasteiger partial charge in [0.1, 0.15) is 6.04 Å². The monoisotopic (exact) mass is 271 g/mol. The number of aliphatic hydroxyl groups excluding tert-OH is 2. The number of carboxylic acid groups (broad SMARTS) is 1. The Hall–Kier alpha value is -1.47. The molecular formula is C13H21NO5. The first-order chi connectivity index (χ1) is 9.11. The Kier molecular flexibility index (Phi) is 10.7. The second-order valence-electron chi connectivity index (χ2n) is 3.69. The average molecular weight is 271 g/mol. The molecule has 0 fully saturated rings. The molecule has 1 atom stereocenters. The summed E-state index contributed by atoms with van der Waals surface area (Å²) in [6, 6.07) is 8.54. The maximum absolute atomic E-state index is 10.4. The lowest BCUT2D eigenvalue weighted by molar-refractivity contribution is -0.138. The summed E-state index contributed by atoms with van der Waals surface area (Å²) in [5.41, 5.74) is 6.30. The van der Waals surface area contributed by atoms with Gasteiger partial charge in [-0.05, 0) is 12.0 Å². The summed E-state index contributed by atoms with van der Waals surface area (Å²) in [6.45, 7) is 0.696. The quantitative estimate of drug-likeness (QED) is 0.503. The van der Waals surface area contributed by atoms with E-state index in [0.29, 0.717) is 19.6 Å². The highest BCUT2D eigenvalue weighted by Gasteiger charge is 2.10. The van der Waals surface area contributed by atoms with Gasteiger partial charge in [-0.2, -0.15) is 0 Å². The van der Waals surface area contributed by atoms with Crippen LogP contribution in [0.15, 0.2) is 30.3 Å². The maximum atomic E-state index is 10.4. The van der Waals surface area contributed by atoms with Crippen molar-refractivity contribution >= 4 is 5.97 Å². The molecule has 1 aromatic rings. The molecule has 108 valence electrons. The average Bonchev–Trinajstić information content (AvgIpc) is 2.41. The van der Waals surface area contributed by atoms with Gasteiger partial charge in [0, 0.05) is 0 Å². The first-order valence-corrected chi connectivity index (χ1v) is 5.93. The van der Waals surface area contributed by atoms with Crippen molar-refractivity contribution in [2.24, 2.45) is 5.73 Å². The van der Waals surface area contributed by atoms with E-state index in [1.54, 1.807) is 0 Å². The molecular weight excluding hydrogens is 250 g/mol. The van der Waals surface area contributed by atoms with Crippen LogP contribution in [0.1, 0.15) is 5.56 Å². The molecule has 1 rings (SSSR count). The minimum atomic E-state index is -0.959. The molecule has 0 unspecified atom stereocenters. The van der Waals surface area contributed by atoms with Crippen LogP contribution in [0.25, 0.3) is 0 Å². The number of carboxylic acids is 1. The Morgan fingerprint density at radius 2 is 1.68 bits per heavy atom. The van der Waals surface area contributed by atoms with E-state index in [-0.39, 0.29) is 13.2 Å². The van der Waals surface area contributed by atoms with Crippen molar-refractivity contribution in [2.75, 3.05) is 26.4 Å². The number of ether oxygens (including phenoxy) is 1. The van der Waals surface area contributed by atoms with E-state index >= 15 is 0 Å². The fourth-order valence-electron chi connectivity index (χ4n) is 1.19. The summed E-state index contributed by atoms with van der Waals surface area (Å²) >= 11 is 0. The van der Waals surface area contributed by atoms with E-state index < -0.39 is 12.0 Å². The molecule has 0 bridgehead atoms. The second-order valence-corrected chi connectivity index (χ2v) is 3.69. The highest BCUT2D eigenvalue weighted by atomic mass is 16.5. The Labute approximate surface area is 112 Å². The number of aliphatic hydroxyl groups is 2. The minimum absolute atomic E-state index is 0.0278. The van der Waals surface area contributed by atoms with Crippen LogP contribution in [0.4, 0.5) is 0 Å². The molecule has 1 aromatic carbocycles. The lowest BCUT2D eigenvalue weighted by atomic mass is 10.1. The van der Waals surface area contributed by atoms with Crippen LogP contribution in [0, 0.1) is 0 Å². The van der Waals surface area contributed by atoms with Crippen LogP contribution < -0.4 is 5.73 Å². The Morgan fingerprint density at radius 1 is 1.16 bits per heavy atom. The fraction of sp³-hybridized carbons (Fsp3) is 0.462. The molecule has 0 aliphatic carbocycles. The standard InChI is InChI=1S/C9H11NO2.C4H10O3/c10-8(9(11)12)6-7-4-2-1-3-5-7;5-1-3-7-4-2-6/h1-5,8H,6,10H2,(H,11,12);5-6H,1-4H2/t8-;/m0./s1. The molecule has 19 heavy (non-hydrogen) atoms. The van der Waals surface area contributed by atoms with Gasteiger partial charge in [0.25, 0.3) is 0 Å². The molecule has 0 aromatic heterocycles. The summed E-state index contributed by atoms with van der Waals surface area (Å²) in [7, 11) is 0. The second kappa shape index (κ2) is 11.6. The van der Waals surface area contributed by atoms with Crippen LogP contribution in [0.2, 0.25) is 0 Å². The topological polar surface area (TPSA) is 113 Å². The van der Waals surface area contributed by atoms with Crippen molar-refractivity contribution in [3.63, 3.8) is 0 Å². The Morgan fingerprint density at radius 3 is 2.11 bits per heavy atom. The number of benzene rings is 1. The van der Waals surface area contributed by atoms with E-state index in [4.69, 9.17) is 21.1 Å². The van der Waals surface area contributed by atoms with Gasteiger partial charge in [-0.1, -0.05) is 30.3 Å². The number of hydrogen-bond donors (Lipinski definition) is 4. The van der Waals surface area contributed by atoms with Crippen molar-refractivity contribution in [2.45, 2.75) is 12.5 Å². The third-order valence-electron chi connectivity index (χ3n) is 2.09. The third-order valence-corrected chi connectivity index (χ3v) is 2.09. The zero-order valence-electron chi connectivity index (χ0n) is 10.7. The minimum Gasteiger partial charge on any atom is -0.480 e. The molecule has 0 amide bonds. The SMILES string of the molecule is N[C@@H](Cc1ccccc1)C(=O)O.OCCOCCO. The Balaban J connectivity index is 0.000000399. The van der Waals surface area contributed by atoms with Gasteiger partial charge in [0.05, 0.1) is 26.4 Å². The molecule has 0 radical (unpaired) electrons. The largest absolute Gasteiger partial charge is 0.480 e. The summed E-state index contributed by atoms with van der Waals surface area (Å²) in [6.07, 6.45) is 0.385. The van der Waals surface area contributed by atoms with Crippen molar-refractivity contribution < 1.29 is 24.9 Å². The van der Waals surface area contributed by atoms with Crippen LogP contribution in [0.3, 0.4) is 0 Å². The molecule has 0 aliphatic heterocycles. The molecule has 0 spiro atoms. The zero-order chi connectivity index (χ0) is 14.5. The van der Waals surface area contributed by atoms with Crippen molar-refractivity contribution in [1.29, 1.82) is 0 Å². The highest BCUT2D eigenvalue weighted by molar-refractivity contribution is 5.73. The van der Waals surface area contributed by atoms with E-state index in [9.17, 15) is 4.79 Å². The smallest absolute Gasteiger partial charge is 0.320 e. The van der Waals surface area contributed by atoms with Crippen molar-refractivity contribution in [3.8, 4) is 0 Å². The first-order valence-electron chi connectivity index (χ1n) is 5.93. The van der Waals surface area contributed by atoms with Gasteiger partial charge in [-0.3, -0.25) is 4.79 Å². The number of nitrogens with two attached hydrogens (primary N) is 1. The fourth-order valence-corrected chi connectivity index (χ4v) is 1.19. The Bertz CT molecular complexity index is 327. The van der Waals surface area contributed by atoms with E-state index in [0.717, 1.165) is 5.56 Å². The van der Waals surface area contributed by atoms with Crippen LogP contribution in [-0.2, 0) is 16.0 Å². The lowest BCUT2D eigenvalue weighted by Crippen LogP contribution is -2.32. The number of hydrogen-bond acceptors (Lipinski definition) is 5. The number of carbonyl (C=O) groups is 1. The molecule has 6 nitrogen and oxygen atoms in total. The van der Waals surface area contributed by atoms with Crippen LogP contribution in [-0.4, -0.2) is 53.8 Å². The normalized spacial score (nSPS) is 11.3. The van der Waals surface area contributed by atoms with Gasteiger partial charge in [0.15, 0.2) is 0 Å². The first kappa shape index (κ1) is 17.5. The van der Waals surface area contributed by atoms with E-state index in [1.165, 1.54) is 0 Å². The molecule has 5 N–H and O–H groups in total. The zero-order valence-corrected chi connectivity index (χ0v) is 10.7. The van der Waals surface area contributed by atoms with E-state index in [2.05, 4.69) is 4.74 Å². The van der Waals surface area contributed by atoms with Gasteiger partial charge >= 0.3 is 5.97 Å². The predicted octanol–water partition coefficient (Wildman–Crippen LogP) is -0.371. The molecule has 0 saturated heterocycles. The van der Waals surface area contributed by atoms with Crippen molar-refractivity contribution in [1.82, 2.24) is 0 Å². The molecule has 0 saturated carbocycles. The summed E-state index contributed by atoms with van der Waals surface area (Å²) in [5.74, 6) is -0.959. The predicted molar refractivity (Wildman–Crippen MR) is 70.7 cm³/mol. The number of rotatable bonds is 7. The maximum Gasteiger partial charge on any atom is 0.320 e. The summed E-state index contributed by atoms with van der Waals surface area (Å²) < 4.78 is 4.63. The van der Waals surface area contributed by atoms with Gasteiger partial charge in [-0.25, -0.2) is 0 Å². The van der Waals surface area contributed by atoms with Gasteiger partial charge in [-0.15, -0.1) is 0 Å². The van der Waals surface area contributed by atoms with Crippen LogP contribution in [0.5, 0.6) is 0 Å². The van der Waals surface area contributed by atoms with Crippen LogP contribution >= 0.6 is 0 Å². The summed E-state index contributed by atoms with van der Waals surface area (Å²) in [4.78, 5) is 10.4. The lowest BCUT2D eigenvalue weighted by Gasteiger charge is -2.04. The third kappa shape index (κ3) is 10.2.